The molecule has 1 saturated heterocycles. The Hall–Kier alpha value is -2.71. The maximum Gasteiger partial charge on any atom is 0.338 e. The largest absolute Gasteiger partial charge is 0.454 e. The van der Waals surface area contributed by atoms with Crippen LogP contribution in [0.1, 0.15) is 37.4 Å². The van der Waals surface area contributed by atoms with Crippen LogP contribution in [0.4, 0.5) is 5.95 Å². The van der Waals surface area contributed by atoms with Crippen molar-refractivity contribution in [2.24, 2.45) is 11.8 Å². The number of esters is 1. The monoisotopic (exact) mass is 415 g/mol. The first-order valence-electron chi connectivity index (χ1n) is 9.44. The standard InChI is InChI=1S/C20H22ClN5O3/c1-10(2)14-11(3)15(29-19(27)12-7-5-4-6-8-12)18(28-14)26-9-23-13-16(21)24-20(22)25-17(13)26/h4-11,14-15,18H,1-3H3,(H2,22,24,25)/t11-,14-,15-,18-/m1/s1. The minimum atomic E-state index is -0.611. The molecule has 0 saturated carbocycles. The van der Waals surface area contributed by atoms with E-state index in [-0.39, 0.29) is 29.0 Å². The van der Waals surface area contributed by atoms with Gasteiger partial charge in [0.15, 0.2) is 23.1 Å². The molecule has 0 aliphatic carbocycles. The Labute approximate surface area is 173 Å². The summed E-state index contributed by atoms with van der Waals surface area (Å²) in [6.07, 6.45) is 0.303. The second-order valence-corrected chi connectivity index (χ2v) is 7.89. The minimum absolute atomic E-state index is 0.0357. The second kappa shape index (κ2) is 7.61. The molecule has 1 fully saturated rings. The summed E-state index contributed by atoms with van der Waals surface area (Å²) in [5.41, 5.74) is 7.10. The number of nitrogen functional groups attached to an aromatic ring is 1. The van der Waals surface area contributed by atoms with Gasteiger partial charge in [0.1, 0.15) is 5.52 Å². The molecule has 0 unspecified atom stereocenters. The molecule has 152 valence electrons. The maximum atomic E-state index is 12.7. The third-order valence-corrected chi connectivity index (χ3v) is 5.46. The minimum Gasteiger partial charge on any atom is -0.454 e. The van der Waals surface area contributed by atoms with Crippen LogP contribution < -0.4 is 5.73 Å². The number of hydrogen-bond donors (Lipinski definition) is 1. The van der Waals surface area contributed by atoms with E-state index in [0.717, 1.165) is 0 Å². The van der Waals surface area contributed by atoms with Gasteiger partial charge >= 0.3 is 5.97 Å². The molecule has 2 N–H and O–H groups in total. The van der Waals surface area contributed by atoms with Crippen LogP contribution in [0.25, 0.3) is 11.2 Å². The van der Waals surface area contributed by atoms with E-state index in [0.29, 0.717) is 16.7 Å². The number of halogens is 1. The van der Waals surface area contributed by atoms with E-state index < -0.39 is 18.3 Å². The van der Waals surface area contributed by atoms with Crippen LogP contribution in [-0.4, -0.2) is 37.7 Å². The molecule has 8 nitrogen and oxygen atoms in total. The smallest absolute Gasteiger partial charge is 0.338 e. The van der Waals surface area contributed by atoms with Gasteiger partial charge in [0.2, 0.25) is 5.95 Å². The first kappa shape index (κ1) is 19.6. The lowest BCUT2D eigenvalue weighted by molar-refractivity contribution is -0.0553. The van der Waals surface area contributed by atoms with E-state index in [1.165, 1.54) is 0 Å². The molecule has 2 aromatic heterocycles. The Morgan fingerprint density at radius 1 is 1.28 bits per heavy atom. The third kappa shape index (κ3) is 3.54. The molecule has 1 aromatic carbocycles. The molecule has 29 heavy (non-hydrogen) atoms. The summed E-state index contributed by atoms with van der Waals surface area (Å²) < 4.78 is 13.9. The Morgan fingerprint density at radius 2 is 2.00 bits per heavy atom. The lowest BCUT2D eigenvalue weighted by Crippen LogP contribution is -2.31. The highest BCUT2D eigenvalue weighted by atomic mass is 35.5. The van der Waals surface area contributed by atoms with E-state index in [4.69, 9.17) is 26.8 Å². The number of fused-ring (bicyclic) bond motifs is 1. The lowest BCUT2D eigenvalue weighted by atomic mass is 9.92. The zero-order valence-corrected chi connectivity index (χ0v) is 17.1. The Morgan fingerprint density at radius 3 is 2.69 bits per heavy atom. The lowest BCUT2D eigenvalue weighted by Gasteiger charge is -2.23. The zero-order chi connectivity index (χ0) is 20.7. The molecule has 3 aromatic rings. The van der Waals surface area contributed by atoms with Crippen molar-refractivity contribution in [3.05, 3.63) is 47.4 Å². The number of carbonyl (C=O) groups excluding carboxylic acids is 1. The van der Waals surface area contributed by atoms with Crippen molar-refractivity contribution in [3.63, 3.8) is 0 Å². The number of anilines is 1. The van der Waals surface area contributed by atoms with E-state index in [2.05, 4.69) is 28.8 Å². The number of ether oxygens (including phenoxy) is 2. The van der Waals surface area contributed by atoms with Crippen molar-refractivity contribution < 1.29 is 14.3 Å². The van der Waals surface area contributed by atoms with Crippen molar-refractivity contribution >= 4 is 34.7 Å². The third-order valence-electron chi connectivity index (χ3n) is 5.19. The Balaban J connectivity index is 1.73. The fourth-order valence-electron chi connectivity index (χ4n) is 3.81. The molecule has 1 aliphatic rings. The first-order valence-corrected chi connectivity index (χ1v) is 9.81. The topological polar surface area (TPSA) is 105 Å². The van der Waals surface area contributed by atoms with Crippen LogP contribution in [0.3, 0.4) is 0 Å². The molecule has 0 radical (unpaired) electrons. The summed E-state index contributed by atoms with van der Waals surface area (Å²) in [4.78, 5) is 25.2. The zero-order valence-electron chi connectivity index (χ0n) is 16.3. The molecule has 1 aliphatic heterocycles. The van der Waals surface area contributed by atoms with Gasteiger partial charge in [-0.1, -0.05) is 50.6 Å². The van der Waals surface area contributed by atoms with Crippen LogP contribution >= 0.6 is 11.6 Å². The molecular weight excluding hydrogens is 394 g/mol. The average Bonchev–Trinajstić information content (AvgIpc) is 3.24. The van der Waals surface area contributed by atoms with Gasteiger partial charge in [-0.2, -0.15) is 9.97 Å². The number of hydrogen-bond acceptors (Lipinski definition) is 7. The summed E-state index contributed by atoms with van der Waals surface area (Å²) in [5.74, 6) is -0.184. The van der Waals surface area contributed by atoms with Gasteiger partial charge in [-0.25, -0.2) is 9.78 Å². The van der Waals surface area contributed by atoms with Crippen LogP contribution in [0, 0.1) is 11.8 Å². The van der Waals surface area contributed by atoms with Crippen LogP contribution in [0.5, 0.6) is 0 Å². The number of aromatic nitrogens is 4. The summed E-state index contributed by atoms with van der Waals surface area (Å²) in [7, 11) is 0. The van der Waals surface area contributed by atoms with Crippen LogP contribution in [0.15, 0.2) is 36.7 Å². The van der Waals surface area contributed by atoms with E-state index in [1.54, 1.807) is 35.2 Å². The molecular formula is C20H22ClN5O3. The van der Waals surface area contributed by atoms with Gasteiger partial charge in [-0.05, 0) is 18.1 Å². The van der Waals surface area contributed by atoms with Crippen molar-refractivity contribution in [2.75, 3.05) is 5.73 Å². The molecule has 0 amide bonds. The maximum absolute atomic E-state index is 12.7. The molecule has 9 heteroatoms. The molecule has 0 spiro atoms. The number of imidazole rings is 1. The Kier molecular flexibility index (Phi) is 5.14. The van der Waals surface area contributed by atoms with Crippen LogP contribution in [0.2, 0.25) is 5.15 Å². The normalized spacial score (nSPS) is 24.3. The highest BCUT2D eigenvalue weighted by molar-refractivity contribution is 6.33. The highest BCUT2D eigenvalue weighted by Crippen LogP contribution is 2.40. The first-order chi connectivity index (χ1) is 13.9. The van der Waals surface area contributed by atoms with E-state index in [1.807, 2.05) is 13.0 Å². The van der Waals surface area contributed by atoms with E-state index >= 15 is 0 Å². The summed E-state index contributed by atoms with van der Waals surface area (Å²) >= 11 is 6.16. The van der Waals surface area contributed by atoms with Crippen LogP contribution in [-0.2, 0) is 9.47 Å². The molecule has 4 rings (SSSR count). The van der Waals surface area contributed by atoms with Gasteiger partial charge < -0.3 is 15.2 Å². The highest BCUT2D eigenvalue weighted by Gasteiger charge is 2.47. The SMILES string of the molecule is CC(C)[C@H]1O[C@@H](n2cnc3c(Cl)nc(N)nc32)[C@H](OC(=O)c2ccccc2)[C@@H]1C. The molecule has 3 heterocycles. The van der Waals surface area contributed by atoms with Crippen molar-refractivity contribution in [2.45, 2.75) is 39.2 Å². The summed E-state index contributed by atoms with van der Waals surface area (Å²) in [5, 5.41) is 0.163. The number of carbonyl (C=O) groups is 1. The average molecular weight is 416 g/mol. The predicted molar refractivity (Wildman–Crippen MR) is 108 cm³/mol. The van der Waals surface area contributed by atoms with Crippen molar-refractivity contribution in [1.29, 1.82) is 0 Å². The summed E-state index contributed by atoms with van der Waals surface area (Å²) in [6, 6.07) is 8.88. The van der Waals surface area contributed by atoms with Gasteiger partial charge in [-0.3, -0.25) is 4.57 Å². The van der Waals surface area contributed by atoms with Gasteiger partial charge in [-0.15, -0.1) is 0 Å². The molecule has 0 bridgehead atoms. The fourth-order valence-corrected chi connectivity index (χ4v) is 4.03. The fraction of sp³-hybridized carbons (Fsp3) is 0.400. The summed E-state index contributed by atoms with van der Waals surface area (Å²) in [6.45, 7) is 6.16. The van der Waals surface area contributed by atoms with Crippen molar-refractivity contribution in [3.8, 4) is 0 Å². The van der Waals surface area contributed by atoms with E-state index in [9.17, 15) is 4.79 Å². The van der Waals surface area contributed by atoms with Gasteiger partial charge in [0.25, 0.3) is 0 Å². The quantitative estimate of drug-likeness (QED) is 0.513. The Bertz CT molecular complexity index is 1040. The van der Waals surface area contributed by atoms with Gasteiger partial charge in [0, 0.05) is 5.92 Å². The number of nitrogens with two attached hydrogens (primary N) is 1. The van der Waals surface area contributed by atoms with Crippen molar-refractivity contribution in [1.82, 2.24) is 19.5 Å². The second-order valence-electron chi connectivity index (χ2n) is 7.53. The number of nitrogens with zero attached hydrogens (tertiary/aromatic N) is 4. The predicted octanol–water partition coefficient (Wildman–Crippen LogP) is 3.48. The number of rotatable bonds is 4. The van der Waals surface area contributed by atoms with Gasteiger partial charge in [0.05, 0.1) is 18.0 Å². The molecule has 4 atom stereocenters. The number of benzene rings is 1.